The number of nitrogens with two attached hydrogens (primary N) is 1. The minimum Gasteiger partial charge on any atom is -0.493 e. The molecule has 0 amide bonds. The van der Waals surface area contributed by atoms with Gasteiger partial charge >= 0.3 is 0 Å². The SMILES string of the molecule is CCC(N)c1nnc(C2COc3ccccc3C2)s1. The van der Waals surface area contributed by atoms with Crippen molar-refractivity contribution >= 4 is 11.3 Å². The molecule has 2 unspecified atom stereocenters. The maximum Gasteiger partial charge on any atom is 0.134 e. The Morgan fingerprint density at radius 3 is 3.11 bits per heavy atom. The number of nitrogens with zero attached hydrogens (tertiary/aromatic N) is 2. The van der Waals surface area contributed by atoms with E-state index in [0.29, 0.717) is 12.5 Å². The Hall–Kier alpha value is -1.46. The molecule has 0 aliphatic carbocycles. The number of aromatic nitrogens is 2. The van der Waals surface area contributed by atoms with Gasteiger partial charge in [0.25, 0.3) is 0 Å². The predicted octanol–water partition coefficient (Wildman–Crippen LogP) is 2.67. The highest BCUT2D eigenvalue weighted by molar-refractivity contribution is 7.11. The molecule has 3 rings (SSSR count). The number of hydrogen-bond donors (Lipinski definition) is 1. The molecule has 0 saturated heterocycles. The molecule has 0 spiro atoms. The second kappa shape index (κ2) is 5.27. The summed E-state index contributed by atoms with van der Waals surface area (Å²) in [4.78, 5) is 0. The quantitative estimate of drug-likeness (QED) is 0.935. The Morgan fingerprint density at radius 1 is 1.42 bits per heavy atom. The van der Waals surface area contributed by atoms with Crippen molar-refractivity contribution in [2.45, 2.75) is 31.7 Å². The first kappa shape index (κ1) is 12.6. The summed E-state index contributed by atoms with van der Waals surface area (Å²) in [6.07, 6.45) is 1.85. The molecular weight excluding hydrogens is 258 g/mol. The second-order valence-corrected chi connectivity index (χ2v) is 5.85. The van der Waals surface area contributed by atoms with Crippen LogP contribution >= 0.6 is 11.3 Å². The van der Waals surface area contributed by atoms with Crippen LogP contribution in [0.4, 0.5) is 0 Å². The molecule has 0 saturated carbocycles. The summed E-state index contributed by atoms with van der Waals surface area (Å²) in [7, 11) is 0. The van der Waals surface area contributed by atoms with E-state index in [1.54, 1.807) is 11.3 Å². The minimum absolute atomic E-state index is 0.00282. The van der Waals surface area contributed by atoms with Gasteiger partial charge < -0.3 is 10.5 Å². The smallest absolute Gasteiger partial charge is 0.134 e. The fourth-order valence-electron chi connectivity index (χ4n) is 2.22. The standard InChI is InChI=1S/C14H17N3OS/c1-2-11(15)14-17-16-13(19-14)10-7-9-5-3-4-6-12(9)18-8-10/h3-6,10-11H,2,7-8,15H2,1H3. The monoisotopic (exact) mass is 275 g/mol. The molecule has 2 atom stereocenters. The largest absolute Gasteiger partial charge is 0.493 e. The molecule has 1 aliphatic heterocycles. The topological polar surface area (TPSA) is 61.0 Å². The van der Waals surface area contributed by atoms with Crippen LogP contribution in [-0.4, -0.2) is 16.8 Å². The minimum atomic E-state index is 0.00282. The van der Waals surface area contributed by atoms with Gasteiger partial charge in [-0.3, -0.25) is 0 Å². The van der Waals surface area contributed by atoms with E-state index < -0.39 is 0 Å². The number of benzene rings is 1. The molecule has 0 fully saturated rings. The van der Waals surface area contributed by atoms with Gasteiger partial charge in [-0.1, -0.05) is 36.5 Å². The van der Waals surface area contributed by atoms with Crippen molar-refractivity contribution < 1.29 is 4.74 Å². The zero-order chi connectivity index (χ0) is 13.2. The van der Waals surface area contributed by atoms with Gasteiger partial charge in [0.1, 0.15) is 15.8 Å². The molecule has 2 N–H and O–H groups in total. The highest BCUT2D eigenvalue weighted by atomic mass is 32.1. The maximum absolute atomic E-state index is 5.99. The van der Waals surface area contributed by atoms with Crippen molar-refractivity contribution in [3.63, 3.8) is 0 Å². The van der Waals surface area contributed by atoms with Gasteiger partial charge in [0.05, 0.1) is 18.6 Å². The van der Waals surface area contributed by atoms with E-state index in [9.17, 15) is 0 Å². The van der Waals surface area contributed by atoms with Gasteiger partial charge in [0.15, 0.2) is 0 Å². The van der Waals surface area contributed by atoms with Crippen LogP contribution in [0, 0.1) is 0 Å². The average molecular weight is 275 g/mol. The molecule has 0 radical (unpaired) electrons. The average Bonchev–Trinajstić information content (AvgIpc) is 2.95. The molecule has 19 heavy (non-hydrogen) atoms. The van der Waals surface area contributed by atoms with Crippen molar-refractivity contribution in [2.24, 2.45) is 5.73 Å². The van der Waals surface area contributed by atoms with Crippen LogP contribution in [0.15, 0.2) is 24.3 Å². The number of para-hydroxylation sites is 1. The van der Waals surface area contributed by atoms with Crippen LogP contribution in [0.1, 0.15) is 40.9 Å². The van der Waals surface area contributed by atoms with Crippen molar-refractivity contribution in [1.29, 1.82) is 0 Å². The van der Waals surface area contributed by atoms with Gasteiger partial charge in [-0.05, 0) is 24.5 Å². The van der Waals surface area contributed by atoms with Crippen molar-refractivity contribution in [2.75, 3.05) is 6.61 Å². The van der Waals surface area contributed by atoms with Gasteiger partial charge in [-0.25, -0.2) is 0 Å². The molecule has 1 aromatic heterocycles. The van der Waals surface area contributed by atoms with Crippen LogP contribution in [0.2, 0.25) is 0 Å². The van der Waals surface area contributed by atoms with Gasteiger partial charge in [0.2, 0.25) is 0 Å². The van der Waals surface area contributed by atoms with Gasteiger partial charge in [0, 0.05) is 0 Å². The highest BCUT2D eigenvalue weighted by Gasteiger charge is 2.25. The lowest BCUT2D eigenvalue weighted by molar-refractivity contribution is 0.262. The third-order valence-corrected chi connectivity index (χ3v) is 4.66. The summed E-state index contributed by atoms with van der Waals surface area (Å²) in [5.41, 5.74) is 7.24. The molecule has 100 valence electrons. The van der Waals surface area contributed by atoms with E-state index in [1.165, 1.54) is 5.56 Å². The lowest BCUT2D eigenvalue weighted by Crippen LogP contribution is -2.18. The summed E-state index contributed by atoms with van der Waals surface area (Å²) >= 11 is 1.62. The molecule has 2 aromatic rings. The Bertz CT molecular complexity index is 569. The Labute approximate surface area is 116 Å². The van der Waals surface area contributed by atoms with Crippen LogP contribution in [0.5, 0.6) is 5.75 Å². The van der Waals surface area contributed by atoms with E-state index in [-0.39, 0.29) is 6.04 Å². The van der Waals surface area contributed by atoms with E-state index in [2.05, 4.69) is 23.2 Å². The maximum atomic E-state index is 5.99. The summed E-state index contributed by atoms with van der Waals surface area (Å²) < 4.78 is 5.79. The first-order valence-corrected chi connectivity index (χ1v) is 7.39. The van der Waals surface area contributed by atoms with E-state index in [1.807, 2.05) is 18.2 Å². The molecule has 5 heteroatoms. The Balaban J connectivity index is 1.79. The first-order chi connectivity index (χ1) is 9.28. The fourth-order valence-corrected chi connectivity index (χ4v) is 3.24. The molecule has 0 bridgehead atoms. The van der Waals surface area contributed by atoms with Crippen LogP contribution in [0.3, 0.4) is 0 Å². The molecule has 1 aromatic carbocycles. The van der Waals surface area contributed by atoms with Crippen LogP contribution < -0.4 is 10.5 Å². The van der Waals surface area contributed by atoms with Gasteiger partial charge in [-0.15, -0.1) is 10.2 Å². The Morgan fingerprint density at radius 2 is 2.26 bits per heavy atom. The number of hydrogen-bond acceptors (Lipinski definition) is 5. The van der Waals surface area contributed by atoms with Crippen molar-refractivity contribution in [1.82, 2.24) is 10.2 Å². The third-order valence-electron chi connectivity index (χ3n) is 3.44. The molecule has 1 aliphatic rings. The zero-order valence-corrected chi connectivity index (χ0v) is 11.7. The van der Waals surface area contributed by atoms with Gasteiger partial charge in [-0.2, -0.15) is 0 Å². The molecule has 2 heterocycles. The van der Waals surface area contributed by atoms with Crippen molar-refractivity contribution in [3.8, 4) is 5.75 Å². The number of ether oxygens (including phenoxy) is 1. The summed E-state index contributed by atoms with van der Waals surface area (Å²) in [5, 5.41) is 10.5. The lowest BCUT2D eigenvalue weighted by Gasteiger charge is -2.23. The van der Waals surface area contributed by atoms with Crippen molar-refractivity contribution in [3.05, 3.63) is 39.8 Å². The zero-order valence-electron chi connectivity index (χ0n) is 10.9. The second-order valence-electron chi connectivity index (χ2n) is 4.81. The summed E-state index contributed by atoms with van der Waals surface area (Å²) in [6.45, 7) is 2.73. The number of rotatable bonds is 3. The highest BCUT2D eigenvalue weighted by Crippen LogP contribution is 2.34. The predicted molar refractivity (Wildman–Crippen MR) is 75.5 cm³/mol. The van der Waals surface area contributed by atoms with E-state index in [4.69, 9.17) is 10.5 Å². The third kappa shape index (κ3) is 2.48. The normalized spacial score (nSPS) is 19.6. The summed E-state index contributed by atoms with van der Waals surface area (Å²) in [6, 6.07) is 8.18. The van der Waals surface area contributed by atoms with E-state index in [0.717, 1.165) is 28.6 Å². The molecule has 4 nitrogen and oxygen atoms in total. The first-order valence-electron chi connectivity index (χ1n) is 6.57. The fraction of sp³-hybridized carbons (Fsp3) is 0.429. The summed E-state index contributed by atoms with van der Waals surface area (Å²) in [5.74, 6) is 1.29. The van der Waals surface area contributed by atoms with Crippen LogP contribution in [0.25, 0.3) is 0 Å². The molecular formula is C14H17N3OS. The lowest BCUT2D eigenvalue weighted by atomic mass is 9.97. The Kier molecular flexibility index (Phi) is 3.48. The number of fused-ring (bicyclic) bond motifs is 1. The van der Waals surface area contributed by atoms with E-state index >= 15 is 0 Å². The van der Waals surface area contributed by atoms with Crippen LogP contribution in [-0.2, 0) is 6.42 Å².